The van der Waals surface area contributed by atoms with Crippen LogP contribution in [-0.4, -0.2) is 51.9 Å². The number of carbonyl (C=O) groups excluding carboxylic acids is 2. The Morgan fingerprint density at radius 1 is 1.19 bits per heavy atom. The first kappa shape index (κ1) is 21.1. The van der Waals surface area contributed by atoms with Crippen molar-refractivity contribution in [1.82, 2.24) is 19.6 Å². The van der Waals surface area contributed by atoms with Gasteiger partial charge in [-0.1, -0.05) is 12.1 Å². The van der Waals surface area contributed by atoms with Crippen molar-refractivity contribution in [2.75, 3.05) is 19.7 Å². The van der Waals surface area contributed by atoms with Gasteiger partial charge in [0.05, 0.1) is 6.10 Å². The van der Waals surface area contributed by atoms with E-state index < -0.39 is 0 Å². The smallest absolute Gasteiger partial charge is 0.251 e. The lowest BCUT2D eigenvalue weighted by molar-refractivity contribution is -0.136. The van der Waals surface area contributed by atoms with Crippen molar-refractivity contribution < 1.29 is 14.3 Å². The predicted octanol–water partition coefficient (Wildman–Crippen LogP) is 3.01. The zero-order valence-electron chi connectivity index (χ0n) is 18.0. The lowest BCUT2D eigenvalue weighted by atomic mass is 9.97. The van der Waals surface area contributed by atoms with Crippen LogP contribution in [0.3, 0.4) is 0 Å². The van der Waals surface area contributed by atoms with Gasteiger partial charge in [-0.05, 0) is 55.7 Å². The molecule has 7 heteroatoms. The normalized spacial score (nSPS) is 16.2. The number of imidazole rings is 1. The van der Waals surface area contributed by atoms with Gasteiger partial charge in [0.2, 0.25) is 5.91 Å². The van der Waals surface area contributed by atoms with Gasteiger partial charge in [-0.3, -0.25) is 9.59 Å². The van der Waals surface area contributed by atoms with E-state index in [0.717, 1.165) is 29.7 Å². The third-order valence-electron chi connectivity index (χ3n) is 5.64. The highest BCUT2D eigenvalue weighted by atomic mass is 16.5. The van der Waals surface area contributed by atoms with Gasteiger partial charge in [0.15, 0.2) is 0 Å². The van der Waals surface area contributed by atoms with Crippen molar-refractivity contribution in [3.63, 3.8) is 0 Å². The van der Waals surface area contributed by atoms with Gasteiger partial charge in [0, 0.05) is 49.7 Å². The molecule has 0 spiro atoms. The molecule has 0 saturated carbocycles. The number of hydrogen-bond acceptors (Lipinski definition) is 4. The SMILES string of the molecule is CC(C)OCC(=O)N1CCC(c2ccc(C(=O)NCc3ccn4ccnc4c3)cc2)C1. The first-order valence-corrected chi connectivity index (χ1v) is 10.7. The van der Waals surface area contributed by atoms with Crippen molar-refractivity contribution in [2.45, 2.75) is 38.8 Å². The fourth-order valence-corrected chi connectivity index (χ4v) is 3.84. The molecular weight excluding hydrogens is 392 g/mol. The predicted molar refractivity (Wildman–Crippen MR) is 118 cm³/mol. The number of hydrogen-bond donors (Lipinski definition) is 1. The highest BCUT2D eigenvalue weighted by molar-refractivity contribution is 5.94. The zero-order valence-corrected chi connectivity index (χ0v) is 18.0. The number of aromatic nitrogens is 2. The van der Waals surface area contributed by atoms with Crippen LogP contribution in [0.5, 0.6) is 0 Å². The number of ether oxygens (including phenoxy) is 1. The van der Waals surface area contributed by atoms with Gasteiger partial charge in [0.1, 0.15) is 12.3 Å². The standard InChI is InChI=1S/C24H28N4O3/c1-17(2)31-16-23(29)28-11-8-21(15-28)19-3-5-20(6-4-19)24(30)26-14-18-7-10-27-12-9-25-22(27)13-18/h3-7,9-10,12-13,17,21H,8,11,14-16H2,1-2H3,(H,26,30). The van der Waals surface area contributed by atoms with Crippen LogP contribution in [-0.2, 0) is 16.1 Å². The van der Waals surface area contributed by atoms with E-state index in [1.807, 2.05) is 71.9 Å². The molecule has 1 fully saturated rings. The summed E-state index contributed by atoms with van der Waals surface area (Å²) >= 11 is 0. The third-order valence-corrected chi connectivity index (χ3v) is 5.64. The van der Waals surface area contributed by atoms with E-state index in [-0.39, 0.29) is 24.5 Å². The molecule has 0 radical (unpaired) electrons. The highest BCUT2D eigenvalue weighted by Crippen LogP contribution is 2.27. The Bertz CT molecular complexity index is 1060. The van der Waals surface area contributed by atoms with Crippen LogP contribution < -0.4 is 5.32 Å². The second-order valence-electron chi connectivity index (χ2n) is 8.22. The van der Waals surface area contributed by atoms with Gasteiger partial charge in [-0.25, -0.2) is 4.98 Å². The van der Waals surface area contributed by atoms with Gasteiger partial charge < -0.3 is 19.4 Å². The maximum Gasteiger partial charge on any atom is 0.251 e. The number of likely N-dealkylation sites (tertiary alicyclic amines) is 1. The lowest BCUT2D eigenvalue weighted by Gasteiger charge is -2.17. The summed E-state index contributed by atoms with van der Waals surface area (Å²) in [6, 6.07) is 11.6. The number of rotatable bonds is 7. The Morgan fingerprint density at radius 3 is 2.77 bits per heavy atom. The molecule has 1 atom stereocenters. The summed E-state index contributed by atoms with van der Waals surface area (Å²) in [5.41, 5.74) is 3.64. The summed E-state index contributed by atoms with van der Waals surface area (Å²) in [5.74, 6) is 0.228. The summed E-state index contributed by atoms with van der Waals surface area (Å²) in [6.45, 7) is 5.88. The summed E-state index contributed by atoms with van der Waals surface area (Å²) in [6.07, 6.45) is 6.55. The number of benzene rings is 1. The van der Waals surface area contributed by atoms with Gasteiger partial charge in [-0.2, -0.15) is 0 Å². The van der Waals surface area contributed by atoms with Crippen LogP contribution in [0.25, 0.3) is 5.65 Å². The molecule has 3 heterocycles. The maximum atomic E-state index is 12.5. The molecule has 0 bridgehead atoms. The average Bonchev–Trinajstić information content (AvgIpc) is 3.45. The second-order valence-corrected chi connectivity index (χ2v) is 8.22. The van der Waals surface area contributed by atoms with Crippen LogP contribution in [0.4, 0.5) is 0 Å². The number of nitrogens with zero attached hydrogens (tertiary/aromatic N) is 3. The molecule has 0 aliphatic carbocycles. The molecule has 1 N–H and O–H groups in total. The van der Waals surface area contributed by atoms with Gasteiger partial charge in [-0.15, -0.1) is 0 Å². The first-order chi connectivity index (χ1) is 15.0. The summed E-state index contributed by atoms with van der Waals surface area (Å²) in [4.78, 5) is 30.9. The molecule has 1 aliphatic heterocycles. The summed E-state index contributed by atoms with van der Waals surface area (Å²) in [5, 5.41) is 2.96. The Balaban J connectivity index is 1.30. The first-order valence-electron chi connectivity index (χ1n) is 10.7. The van der Waals surface area contributed by atoms with Gasteiger partial charge in [0.25, 0.3) is 5.91 Å². The molecule has 7 nitrogen and oxygen atoms in total. The Kier molecular flexibility index (Phi) is 6.32. The topological polar surface area (TPSA) is 75.9 Å². The maximum absolute atomic E-state index is 12.5. The number of pyridine rings is 1. The Morgan fingerprint density at radius 2 is 2.00 bits per heavy atom. The number of carbonyl (C=O) groups is 2. The van der Waals surface area contributed by atoms with Crippen LogP contribution in [0, 0.1) is 0 Å². The van der Waals surface area contributed by atoms with E-state index in [1.54, 1.807) is 6.20 Å². The van der Waals surface area contributed by atoms with Gasteiger partial charge >= 0.3 is 0 Å². The van der Waals surface area contributed by atoms with E-state index in [4.69, 9.17) is 4.74 Å². The van der Waals surface area contributed by atoms with Crippen molar-refractivity contribution in [3.05, 3.63) is 71.7 Å². The highest BCUT2D eigenvalue weighted by Gasteiger charge is 2.27. The van der Waals surface area contributed by atoms with E-state index in [0.29, 0.717) is 24.6 Å². The Labute approximate surface area is 182 Å². The molecule has 31 heavy (non-hydrogen) atoms. The van der Waals surface area contributed by atoms with Crippen LogP contribution >= 0.6 is 0 Å². The summed E-state index contributed by atoms with van der Waals surface area (Å²) < 4.78 is 7.36. The number of fused-ring (bicyclic) bond motifs is 1. The minimum Gasteiger partial charge on any atom is -0.369 e. The minimum absolute atomic E-state index is 0.0423. The van der Waals surface area contributed by atoms with Crippen LogP contribution in [0.1, 0.15) is 47.7 Å². The van der Waals surface area contributed by atoms with Crippen molar-refractivity contribution >= 4 is 17.5 Å². The van der Waals surface area contributed by atoms with E-state index in [9.17, 15) is 9.59 Å². The minimum atomic E-state index is -0.108. The number of amides is 2. The third kappa shape index (κ3) is 5.11. The molecular formula is C24H28N4O3. The Hall–Kier alpha value is -3.19. The van der Waals surface area contributed by atoms with Crippen LogP contribution in [0.15, 0.2) is 55.0 Å². The molecule has 3 aromatic rings. The second kappa shape index (κ2) is 9.31. The average molecular weight is 421 g/mol. The van der Waals surface area contributed by atoms with Crippen molar-refractivity contribution in [1.29, 1.82) is 0 Å². The van der Waals surface area contributed by atoms with E-state index >= 15 is 0 Å². The molecule has 4 rings (SSSR count). The quantitative estimate of drug-likeness (QED) is 0.638. The monoisotopic (exact) mass is 420 g/mol. The molecule has 2 amide bonds. The zero-order chi connectivity index (χ0) is 21.8. The fraction of sp³-hybridized carbons (Fsp3) is 0.375. The molecule has 162 valence electrons. The van der Waals surface area contributed by atoms with Crippen LogP contribution in [0.2, 0.25) is 0 Å². The fourth-order valence-electron chi connectivity index (χ4n) is 3.84. The van der Waals surface area contributed by atoms with E-state index in [2.05, 4.69) is 10.3 Å². The summed E-state index contributed by atoms with van der Waals surface area (Å²) in [7, 11) is 0. The lowest BCUT2D eigenvalue weighted by Crippen LogP contribution is -2.32. The molecule has 2 aromatic heterocycles. The molecule has 1 aliphatic rings. The molecule has 1 unspecified atom stereocenters. The number of nitrogens with one attached hydrogen (secondary N) is 1. The van der Waals surface area contributed by atoms with Crippen molar-refractivity contribution in [3.8, 4) is 0 Å². The van der Waals surface area contributed by atoms with E-state index in [1.165, 1.54) is 0 Å². The largest absolute Gasteiger partial charge is 0.369 e. The van der Waals surface area contributed by atoms with Crippen molar-refractivity contribution in [2.24, 2.45) is 0 Å². The molecule has 1 aromatic carbocycles. The molecule has 1 saturated heterocycles.